The molecule has 0 spiro atoms. The number of amides is 1. The van der Waals surface area contributed by atoms with E-state index in [-0.39, 0.29) is 5.91 Å². The second-order valence-electron chi connectivity index (χ2n) is 3.20. The van der Waals surface area contributed by atoms with Crippen molar-refractivity contribution in [1.82, 2.24) is 5.43 Å². The lowest BCUT2D eigenvalue weighted by molar-refractivity contribution is 0.0951. The molecule has 0 heterocycles. The molecule has 4 heteroatoms. The van der Waals surface area contributed by atoms with Gasteiger partial charge in [0.2, 0.25) is 0 Å². The van der Waals surface area contributed by atoms with Gasteiger partial charge in [-0.15, -0.1) is 0 Å². The van der Waals surface area contributed by atoms with E-state index in [1.807, 2.05) is 19.9 Å². The highest BCUT2D eigenvalue weighted by molar-refractivity contribution is 5.97. The number of hydrogen-bond acceptors (Lipinski definition) is 3. The molecular weight excluding hydrogens is 192 g/mol. The number of ether oxygens (including phenoxy) is 1. The summed E-state index contributed by atoms with van der Waals surface area (Å²) in [6.07, 6.45) is 0. The van der Waals surface area contributed by atoms with Gasteiger partial charge in [-0.3, -0.25) is 4.79 Å². The highest BCUT2D eigenvalue weighted by atomic mass is 16.5. The van der Waals surface area contributed by atoms with E-state index in [2.05, 4.69) is 10.5 Å². The number of rotatable bonds is 3. The molecule has 4 nitrogen and oxygen atoms in total. The van der Waals surface area contributed by atoms with E-state index < -0.39 is 0 Å². The van der Waals surface area contributed by atoms with Crippen molar-refractivity contribution in [3.8, 4) is 5.75 Å². The number of benzene rings is 1. The molecule has 0 aliphatic rings. The maximum Gasteiger partial charge on any atom is 0.275 e. The van der Waals surface area contributed by atoms with Crippen LogP contribution in [0.5, 0.6) is 5.75 Å². The maximum absolute atomic E-state index is 11.6. The van der Waals surface area contributed by atoms with Crippen LogP contribution in [-0.2, 0) is 0 Å². The molecule has 1 rings (SSSR count). The Hall–Kier alpha value is -1.84. The van der Waals surface area contributed by atoms with Crippen LogP contribution >= 0.6 is 0 Å². The van der Waals surface area contributed by atoms with Gasteiger partial charge >= 0.3 is 0 Å². The first-order chi connectivity index (χ1) is 7.15. The fraction of sp³-hybridized carbons (Fsp3) is 0.273. The Morgan fingerprint density at radius 1 is 1.33 bits per heavy atom. The molecule has 1 aromatic carbocycles. The third-order valence-corrected chi connectivity index (χ3v) is 1.73. The van der Waals surface area contributed by atoms with Crippen molar-refractivity contribution in [3.63, 3.8) is 0 Å². The molecule has 80 valence electrons. The van der Waals surface area contributed by atoms with Crippen molar-refractivity contribution in [2.75, 3.05) is 7.11 Å². The predicted molar refractivity (Wildman–Crippen MR) is 59.2 cm³/mol. The van der Waals surface area contributed by atoms with Crippen molar-refractivity contribution in [2.24, 2.45) is 5.10 Å². The van der Waals surface area contributed by atoms with Gasteiger partial charge < -0.3 is 4.74 Å². The van der Waals surface area contributed by atoms with Crippen LogP contribution in [0.25, 0.3) is 0 Å². The standard InChI is InChI=1S/C11H14N2O2/c1-8(2)12-13-11(14)9-6-4-5-7-10(9)15-3/h4-7H,1-3H3,(H,13,14). The number of carbonyl (C=O) groups is 1. The predicted octanol–water partition coefficient (Wildman–Crippen LogP) is 1.82. The zero-order chi connectivity index (χ0) is 11.3. The lowest BCUT2D eigenvalue weighted by Gasteiger charge is -2.06. The topological polar surface area (TPSA) is 50.7 Å². The van der Waals surface area contributed by atoms with E-state index in [9.17, 15) is 4.79 Å². The Balaban J connectivity index is 2.86. The summed E-state index contributed by atoms with van der Waals surface area (Å²) in [5, 5.41) is 3.84. The average molecular weight is 206 g/mol. The second-order valence-corrected chi connectivity index (χ2v) is 3.20. The molecule has 0 aromatic heterocycles. The van der Waals surface area contributed by atoms with Crippen LogP contribution in [0.2, 0.25) is 0 Å². The van der Waals surface area contributed by atoms with Gasteiger partial charge in [0, 0.05) is 5.71 Å². The van der Waals surface area contributed by atoms with Crippen molar-refractivity contribution >= 4 is 11.6 Å². The first-order valence-electron chi connectivity index (χ1n) is 4.59. The van der Waals surface area contributed by atoms with Gasteiger partial charge in [0.15, 0.2) is 0 Å². The summed E-state index contributed by atoms with van der Waals surface area (Å²) in [4.78, 5) is 11.6. The molecule has 0 saturated carbocycles. The third-order valence-electron chi connectivity index (χ3n) is 1.73. The first-order valence-corrected chi connectivity index (χ1v) is 4.59. The summed E-state index contributed by atoms with van der Waals surface area (Å²) in [5.41, 5.74) is 3.71. The fourth-order valence-corrected chi connectivity index (χ4v) is 1.06. The summed E-state index contributed by atoms with van der Waals surface area (Å²) in [6, 6.07) is 7.01. The molecule has 0 radical (unpaired) electrons. The van der Waals surface area contributed by atoms with Crippen LogP contribution in [0.15, 0.2) is 29.4 Å². The average Bonchev–Trinajstić information content (AvgIpc) is 2.25. The van der Waals surface area contributed by atoms with Gasteiger partial charge in [-0.1, -0.05) is 12.1 Å². The van der Waals surface area contributed by atoms with Gasteiger partial charge in [0.05, 0.1) is 12.7 Å². The Morgan fingerprint density at radius 3 is 2.60 bits per heavy atom. The van der Waals surface area contributed by atoms with E-state index >= 15 is 0 Å². The lowest BCUT2D eigenvalue weighted by Crippen LogP contribution is -2.19. The van der Waals surface area contributed by atoms with E-state index in [1.54, 1.807) is 18.2 Å². The number of carbonyl (C=O) groups excluding carboxylic acids is 1. The molecule has 0 saturated heterocycles. The van der Waals surface area contributed by atoms with Crippen LogP contribution in [-0.4, -0.2) is 18.7 Å². The molecule has 1 amide bonds. The van der Waals surface area contributed by atoms with E-state index in [0.717, 1.165) is 5.71 Å². The zero-order valence-electron chi connectivity index (χ0n) is 9.07. The van der Waals surface area contributed by atoms with Crippen LogP contribution in [0.1, 0.15) is 24.2 Å². The van der Waals surface area contributed by atoms with E-state index in [0.29, 0.717) is 11.3 Å². The molecular formula is C11H14N2O2. The minimum atomic E-state index is -0.270. The van der Waals surface area contributed by atoms with Gasteiger partial charge in [0.25, 0.3) is 5.91 Å². The van der Waals surface area contributed by atoms with Gasteiger partial charge in [-0.05, 0) is 26.0 Å². The molecule has 0 aliphatic carbocycles. The maximum atomic E-state index is 11.6. The SMILES string of the molecule is COc1ccccc1C(=O)NN=C(C)C. The van der Waals surface area contributed by atoms with Gasteiger partial charge in [-0.2, -0.15) is 5.10 Å². The molecule has 0 bridgehead atoms. The molecule has 1 N–H and O–H groups in total. The normalized spacial score (nSPS) is 9.27. The van der Waals surface area contributed by atoms with Crippen LogP contribution in [0, 0.1) is 0 Å². The number of para-hydroxylation sites is 1. The van der Waals surface area contributed by atoms with Crippen molar-refractivity contribution in [2.45, 2.75) is 13.8 Å². The second kappa shape index (κ2) is 5.14. The Morgan fingerprint density at radius 2 is 2.00 bits per heavy atom. The van der Waals surface area contributed by atoms with Crippen molar-refractivity contribution in [1.29, 1.82) is 0 Å². The van der Waals surface area contributed by atoms with Crippen LogP contribution in [0.3, 0.4) is 0 Å². The number of hydrazone groups is 1. The lowest BCUT2D eigenvalue weighted by atomic mass is 10.2. The third kappa shape index (κ3) is 3.09. The number of hydrogen-bond donors (Lipinski definition) is 1. The molecule has 1 aromatic rings. The highest BCUT2D eigenvalue weighted by Gasteiger charge is 2.09. The van der Waals surface area contributed by atoms with Gasteiger partial charge in [-0.25, -0.2) is 5.43 Å². The van der Waals surface area contributed by atoms with Crippen molar-refractivity contribution in [3.05, 3.63) is 29.8 Å². The van der Waals surface area contributed by atoms with Gasteiger partial charge in [0.1, 0.15) is 5.75 Å². The summed E-state index contributed by atoms with van der Waals surface area (Å²) < 4.78 is 5.06. The Bertz CT molecular complexity index is 382. The molecule has 0 atom stereocenters. The number of nitrogens with zero attached hydrogens (tertiary/aromatic N) is 1. The Labute approximate surface area is 88.9 Å². The van der Waals surface area contributed by atoms with Crippen LogP contribution < -0.4 is 10.2 Å². The number of methoxy groups -OCH3 is 1. The summed E-state index contributed by atoms with van der Waals surface area (Å²) in [5.74, 6) is 0.271. The summed E-state index contributed by atoms with van der Waals surface area (Å²) >= 11 is 0. The summed E-state index contributed by atoms with van der Waals surface area (Å²) in [7, 11) is 1.53. The molecule has 0 fully saturated rings. The minimum absolute atomic E-state index is 0.270. The molecule has 15 heavy (non-hydrogen) atoms. The van der Waals surface area contributed by atoms with E-state index in [1.165, 1.54) is 7.11 Å². The largest absolute Gasteiger partial charge is 0.496 e. The monoisotopic (exact) mass is 206 g/mol. The quantitative estimate of drug-likeness (QED) is 0.605. The fourth-order valence-electron chi connectivity index (χ4n) is 1.06. The number of nitrogens with one attached hydrogen (secondary N) is 1. The molecule has 0 aliphatic heterocycles. The highest BCUT2D eigenvalue weighted by Crippen LogP contribution is 2.16. The van der Waals surface area contributed by atoms with Crippen molar-refractivity contribution < 1.29 is 9.53 Å². The summed E-state index contributed by atoms with van der Waals surface area (Å²) in [6.45, 7) is 3.62. The zero-order valence-corrected chi connectivity index (χ0v) is 9.07. The Kier molecular flexibility index (Phi) is 3.85. The molecule has 0 unspecified atom stereocenters. The first kappa shape index (κ1) is 11.2. The van der Waals surface area contributed by atoms with Crippen LogP contribution in [0.4, 0.5) is 0 Å². The minimum Gasteiger partial charge on any atom is -0.496 e. The van der Waals surface area contributed by atoms with E-state index in [4.69, 9.17) is 4.74 Å². The smallest absolute Gasteiger partial charge is 0.275 e.